The first-order chi connectivity index (χ1) is 11.4. The monoisotopic (exact) mass is 356 g/mol. The Kier molecular flexibility index (Phi) is 7.19. The SMILES string of the molecule is CC(C)CC(CNS(=O)(=O)Cc1ccc(F)cc1)N1CCCCC1. The van der Waals surface area contributed by atoms with Gasteiger partial charge in [0, 0.05) is 12.6 Å². The molecule has 1 N–H and O–H groups in total. The van der Waals surface area contributed by atoms with Crippen LogP contribution in [0.1, 0.15) is 45.1 Å². The van der Waals surface area contributed by atoms with Crippen molar-refractivity contribution in [3.8, 4) is 0 Å². The Labute approximate surface area is 145 Å². The minimum atomic E-state index is -3.42. The minimum absolute atomic E-state index is 0.109. The number of piperidine rings is 1. The zero-order valence-electron chi connectivity index (χ0n) is 14.7. The number of nitrogens with one attached hydrogen (secondary N) is 1. The molecule has 1 saturated heterocycles. The number of nitrogens with zero attached hydrogens (tertiary/aromatic N) is 1. The summed E-state index contributed by atoms with van der Waals surface area (Å²) in [4.78, 5) is 2.42. The van der Waals surface area contributed by atoms with Gasteiger partial charge in [-0.05, 0) is 56.0 Å². The van der Waals surface area contributed by atoms with Crippen molar-refractivity contribution in [2.24, 2.45) is 5.92 Å². The molecule has 0 aromatic heterocycles. The molecule has 0 bridgehead atoms. The van der Waals surface area contributed by atoms with E-state index in [1.165, 1.54) is 43.5 Å². The summed E-state index contributed by atoms with van der Waals surface area (Å²) >= 11 is 0. The zero-order valence-corrected chi connectivity index (χ0v) is 15.5. The summed E-state index contributed by atoms with van der Waals surface area (Å²) in [7, 11) is -3.42. The molecule has 1 aliphatic heterocycles. The van der Waals surface area contributed by atoms with Gasteiger partial charge in [-0.2, -0.15) is 0 Å². The van der Waals surface area contributed by atoms with E-state index >= 15 is 0 Å². The summed E-state index contributed by atoms with van der Waals surface area (Å²) in [6, 6.07) is 5.86. The molecule has 0 amide bonds. The Balaban J connectivity index is 1.94. The van der Waals surface area contributed by atoms with Crippen LogP contribution in [0.15, 0.2) is 24.3 Å². The first-order valence-corrected chi connectivity index (χ1v) is 10.5. The van der Waals surface area contributed by atoms with Gasteiger partial charge in [-0.3, -0.25) is 4.90 Å². The van der Waals surface area contributed by atoms with Crippen LogP contribution in [-0.2, 0) is 15.8 Å². The average molecular weight is 357 g/mol. The second-order valence-corrected chi connectivity index (χ2v) is 8.92. The van der Waals surface area contributed by atoms with E-state index in [0.29, 0.717) is 18.0 Å². The van der Waals surface area contributed by atoms with E-state index in [-0.39, 0.29) is 17.6 Å². The summed E-state index contributed by atoms with van der Waals surface area (Å²) in [6.45, 7) is 6.89. The molecule has 0 aliphatic carbocycles. The maximum Gasteiger partial charge on any atom is 0.215 e. The molecular weight excluding hydrogens is 327 g/mol. The van der Waals surface area contributed by atoms with Gasteiger partial charge in [-0.15, -0.1) is 0 Å². The van der Waals surface area contributed by atoms with Gasteiger partial charge in [0.1, 0.15) is 5.82 Å². The summed E-state index contributed by atoms with van der Waals surface area (Å²) in [5.41, 5.74) is 0.599. The lowest BCUT2D eigenvalue weighted by molar-refractivity contribution is 0.146. The smallest absolute Gasteiger partial charge is 0.215 e. The quantitative estimate of drug-likeness (QED) is 0.778. The Bertz CT molecular complexity index is 596. The van der Waals surface area contributed by atoms with Crippen LogP contribution < -0.4 is 4.72 Å². The van der Waals surface area contributed by atoms with Crippen LogP contribution in [-0.4, -0.2) is 39.0 Å². The third-order valence-electron chi connectivity index (χ3n) is 4.46. The van der Waals surface area contributed by atoms with Crippen molar-refractivity contribution < 1.29 is 12.8 Å². The Morgan fingerprint density at radius 2 is 1.75 bits per heavy atom. The molecule has 0 spiro atoms. The first-order valence-electron chi connectivity index (χ1n) is 8.81. The maximum atomic E-state index is 12.9. The second kappa shape index (κ2) is 8.92. The molecule has 6 heteroatoms. The number of halogens is 1. The molecule has 2 rings (SSSR count). The molecule has 136 valence electrons. The molecule has 1 unspecified atom stereocenters. The number of hydrogen-bond acceptors (Lipinski definition) is 3. The van der Waals surface area contributed by atoms with E-state index < -0.39 is 10.0 Å². The maximum absolute atomic E-state index is 12.9. The van der Waals surface area contributed by atoms with E-state index in [1.54, 1.807) is 0 Å². The Morgan fingerprint density at radius 1 is 1.12 bits per heavy atom. The number of benzene rings is 1. The molecule has 24 heavy (non-hydrogen) atoms. The highest BCUT2D eigenvalue weighted by Crippen LogP contribution is 2.17. The van der Waals surface area contributed by atoms with Crippen LogP contribution in [0.4, 0.5) is 4.39 Å². The lowest BCUT2D eigenvalue weighted by Gasteiger charge is -2.35. The second-order valence-electron chi connectivity index (χ2n) is 7.11. The van der Waals surface area contributed by atoms with Gasteiger partial charge in [0.25, 0.3) is 0 Å². The number of hydrogen-bond donors (Lipinski definition) is 1. The highest BCUT2D eigenvalue weighted by Gasteiger charge is 2.23. The van der Waals surface area contributed by atoms with Crippen LogP contribution >= 0.6 is 0 Å². The molecule has 1 fully saturated rings. The van der Waals surface area contributed by atoms with Gasteiger partial charge in [-0.25, -0.2) is 17.5 Å². The van der Waals surface area contributed by atoms with Gasteiger partial charge in [0.2, 0.25) is 10.0 Å². The number of rotatable bonds is 8. The van der Waals surface area contributed by atoms with Crippen molar-refractivity contribution in [1.82, 2.24) is 9.62 Å². The third kappa shape index (κ3) is 6.49. The van der Waals surface area contributed by atoms with Gasteiger partial charge in [0.05, 0.1) is 5.75 Å². The molecule has 0 radical (unpaired) electrons. The zero-order chi connectivity index (χ0) is 17.6. The van der Waals surface area contributed by atoms with Gasteiger partial charge in [0.15, 0.2) is 0 Å². The Hall–Kier alpha value is -0.980. The van der Waals surface area contributed by atoms with Crippen LogP contribution in [0, 0.1) is 11.7 Å². The summed E-state index contributed by atoms with van der Waals surface area (Å²) in [6.07, 6.45) is 4.63. The largest absolute Gasteiger partial charge is 0.299 e. The summed E-state index contributed by atoms with van der Waals surface area (Å²) in [5, 5.41) is 0. The van der Waals surface area contributed by atoms with Gasteiger partial charge in [-0.1, -0.05) is 32.4 Å². The minimum Gasteiger partial charge on any atom is -0.299 e. The third-order valence-corrected chi connectivity index (χ3v) is 5.78. The normalized spacial score (nSPS) is 18.0. The molecule has 1 aliphatic rings. The van der Waals surface area contributed by atoms with E-state index in [4.69, 9.17) is 0 Å². The lowest BCUT2D eigenvalue weighted by Crippen LogP contribution is -2.46. The van der Waals surface area contributed by atoms with Crippen molar-refractivity contribution in [2.45, 2.75) is 51.3 Å². The number of sulfonamides is 1. The van der Waals surface area contributed by atoms with Crippen molar-refractivity contribution in [3.63, 3.8) is 0 Å². The fourth-order valence-corrected chi connectivity index (χ4v) is 4.44. The fraction of sp³-hybridized carbons (Fsp3) is 0.667. The van der Waals surface area contributed by atoms with Crippen LogP contribution in [0.2, 0.25) is 0 Å². The van der Waals surface area contributed by atoms with E-state index in [1.807, 2.05) is 0 Å². The molecular formula is C18H29FN2O2S. The lowest BCUT2D eigenvalue weighted by atomic mass is 10.00. The van der Waals surface area contributed by atoms with Crippen molar-refractivity contribution in [3.05, 3.63) is 35.6 Å². The van der Waals surface area contributed by atoms with Crippen molar-refractivity contribution in [2.75, 3.05) is 19.6 Å². The van der Waals surface area contributed by atoms with Gasteiger partial charge < -0.3 is 0 Å². The summed E-state index contributed by atoms with van der Waals surface area (Å²) in [5.74, 6) is 0.0616. The molecule has 0 saturated carbocycles. The predicted octanol–water partition coefficient (Wildman–Crippen LogP) is 3.15. The first kappa shape index (κ1) is 19.3. The van der Waals surface area contributed by atoms with E-state index in [0.717, 1.165) is 19.5 Å². The van der Waals surface area contributed by atoms with Crippen LogP contribution in [0.3, 0.4) is 0 Å². The highest BCUT2D eigenvalue weighted by atomic mass is 32.2. The number of likely N-dealkylation sites (tertiary alicyclic amines) is 1. The molecule has 1 aromatic carbocycles. The van der Waals surface area contributed by atoms with Crippen molar-refractivity contribution in [1.29, 1.82) is 0 Å². The fourth-order valence-electron chi connectivity index (χ4n) is 3.26. The van der Waals surface area contributed by atoms with Gasteiger partial charge >= 0.3 is 0 Å². The topological polar surface area (TPSA) is 49.4 Å². The molecule has 1 aromatic rings. The predicted molar refractivity (Wildman–Crippen MR) is 95.7 cm³/mol. The molecule has 1 atom stereocenters. The van der Waals surface area contributed by atoms with E-state index in [9.17, 15) is 12.8 Å². The summed E-state index contributed by atoms with van der Waals surface area (Å²) < 4.78 is 40.4. The van der Waals surface area contributed by atoms with Crippen molar-refractivity contribution >= 4 is 10.0 Å². The standard InChI is InChI=1S/C18H29FN2O2S/c1-15(2)12-18(21-10-4-3-5-11-21)13-20-24(22,23)14-16-6-8-17(19)9-7-16/h6-9,15,18,20H,3-5,10-14H2,1-2H3. The Morgan fingerprint density at radius 3 is 2.33 bits per heavy atom. The van der Waals surface area contributed by atoms with Crippen LogP contribution in [0.25, 0.3) is 0 Å². The molecule has 4 nitrogen and oxygen atoms in total. The molecule has 1 heterocycles. The average Bonchev–Trinajstić information content (AvgIpc) is 2.54. The van der Waals surface area contributed by atoms with E-state index in [2.05, 4.69) is 23.5 Å². The highest BCUT2D eigenvalue weighted by molar-refractivity contribution is 7.88. The van der Waals surface area contributed by atoms with Crippen LogP contribution in [0.5, 0.6) is 0 Å².